The first-order chi connectivity index (χ1) is 9.60. The van der Waals surface area contributed by atoms with E-state index in [2.05, 4.69) is 10.3 Å². The lowest BCUT2D eigenvalue weighted by Gasteiger charge is -2.07. The van der Waals surface area contributed by atoms with Gasteiger partial charge in [-0.2, -0.15) is 0 Å². The fourth-order valence-corrected chi connectivity index (χ4v) is 1.86. The molecule has 2 N–H and O–H groups in total. The molecule has 1 aromatic carbocycles. The highest BCUT2D eigenvalue weighted by molar-refractivity contribution is 5.55. The SMILES string of the molecule is CCc1ccc(NCc2ccc(O)cn2)cc1[N+](=O)[O-]. The standard InChI is InChI=1S/C14H15N3O3/c1-2-10-3-4-11(7-14(10)17(19)20)15-8-12-5-6-13(18)9-16-12/h3-7,9,15,18H,2,8H2,1H3. The monoisotopic (exact) mass is 273 g/mol. The summed E-state index contributed by atoms with van der Waals surface area (Å²) in [5, 5.41) is 23.2. The predicted molar refractivity (Wildman–Crippen MR) is 75.7 cm³/mol. The van der Waals surface area contributed by atoms with Gasteiger partial charge in [0.2, 0.25) is 0 Å². The van der Waals surface area contributed by atoms with Gasteiger partial charge in [-0.1, -0.05) is 13.0 Å². The Morgan fingerprint density at radius 1 is 1.35 bits per heavy atom. The second-order valence-electron chi connectivity index (χ2n) is 4.32. The fourth-order valence-electron chi connectivity index (χ4n) is 1.86. The average molecular weight is 273 g/mol. The Labute approximate surface area is 116 Å². The van der Waals surface area contributed by atoms with Crippen molar-refractivity contribution < 1.29 is 10.0 Å². The molecule has 2 aromatic rings. The number of nitrogens with one attached hydrogen (secondary N) is 1. The van der Waals surface area contributed by atoms with Crippen LogP contribution in [0.15, 0.2) is 36.5 Å². The molecule has 0 aliphatic carbocycles. The molecule has 20 heavy (non-hydrogen) atoms. The number of rotatable bonds is 5. The summed E-state index contributed by atoms with van der Waals surface area (Å²) in [6.45, 7) is 2.32. The van der Waals surface area contributed by atoms with Crippen molar-refractivity contribution in [3.63, 3.8) is 0 Å². The van der Waals surface area contributed by atoms with Gasteiger partial charge in [0.05, 0.1) is 23.4 Å². The molecule has 6 nitrogen and oxygen atoms in total. The average Bonchev–Trinajstić information content (AvgIpc) is 2.46. The number of hydrogen-bond donors (Lipinski definition) is 2. The summed E-state index contributed by atoms with van der Waals surface area (Å²) in [4.78, 5) is 14.6. The third kappa shape index (κ3) is 3.23. The lowest BCUT2D eigenvalue weighted by molar-refractivity contribution is -0.385. The Balaban J connectivity index is 2.11. The molecular formula is C14H15N3O3. The number of aryl methyl sites for hydroxylation is 1. The Hall–Kier alpha value is -2.63. The summed E-state index contributed by atoms with van der Waals surface area (Å²) < 4.78 is 0. The summed E-state index contributed by atoms with van der Waals surface area (Å²) >= 11 is 0. The Kier molecular flexibility index (Phi) is 4.14. The highest BCUT2D eigenvalue weighted by Gasteiger charge is 2.12. The number of nitrogens with zero attached hydrogens (tertiary/aromatic N) is 2. The van der Waals surface area contributed by atoms with Gasteiger partial charge in [0.15, 0.2) is 0 Å². The second-order valence-corrected chi connectivity index (χ2v) is 4.32. The Morgan fingerprint density at radius 3 is 2.75 bits per heavy atom. The van der Waals surface area contributed by atoms with E-state index < -0.39 is 0 Å². The van der Waals surface area contributed by atoms with Crippen molar-refractivity contribution >= 4 is 11.4 Å². The molecule has 0 fully saturated rings. The van der Waals surface area contributed by atoms with Crippen molar-refractivity contribution in [2.45, 2.75) is 19.9 Å². The lowest BCUT2D eigenvalue weighted by atomic mass is 10.1. The molecular weight excluding hydrogens is 258 g/mol. The molecule has 0 radical (unpaired) electrons. The molecule has 1 aromatic heterocycles. The van der Waals surface area contributed by atoms with E-state index in [9.17, 15) is 10.1 Å². The van der Waals surface area contributed by atoms with E-state index in [1.54, 1.807) is 18.2 Å². The molecule has 0 saturated heterocycles. The minimum Gasteiger partial charge on any atom is -0.506 e. The van der Waals surface area contributed by atoms with Crippen LogP contribution in [-0.4, -0.2) is 15.0 Å². The molecule has 0 bridgehead atoms. The molecule has 1 heterocycles. The van der Waals surface area contributed by atoms with Crippen LogP contribution in [0.1, 0.15) is 18.2 Å². The van der Waals surface area contributed by atoms with Gasteiger partial charge in [0, 0.05) is 17.3 Å². The van der Waals surface area contributed by atoms with Gasteiger partial charge in [-0.25, -0.2) is 0 Å². The topological polar surface area (TPSA) is 88.3 Å². The number of aromatic nitrogens is 1. The maximum absolute atomic E-state index is 11.0. The zero-order valence-electron chi connectivity index (χ0n) is 11.0. The molecule has 0 atom stereocenters. The third-order valence-electron chi connectivity index (χ3n) is 2.95. The number of nitro benzene ring substituents is 1. The van der Waals surface area contributed by atoms with E-state index in [0.29, 0.717) is 24.2 Å². The van der Waals surface area contributed by atoms with Crippen LogP contribution in [0, 0.1) is 10.1 Å². The summed E-state index contributed by atoms with van der Waals surface area (Å²) in [7, 11) is 0. The van der Waals surface area contributed by atoms with Crippen LogP contribution in [0.3, 0.4) is 0 Å². The van der Waals surface area contributed by atoms with Crippen molar-refractivity contribution in [2.75, 3.05) is 5.32 Å². The predicted octanol–water partition coefficient (Wildman–Crippen LogP) is 2.87. The van der Waals surface area contributed by atoms with Gasteiger partial charge >= 0.3 is 0 Å². The van der Waals surface area contributed by atoms with Crippen LogP contribution in [0.2, 0.25) is 0 Å². The van der Waals surface area contributed by atoms with Crippen LogP contribution in [0.5, 0.6) is 5.75 Å². The van der Waals surface area contributed by atoms with Crippen molar-refractivity contribution in [3.8, 4) is 5.75 Å². The van der Waals surface area contributed by atoms with E-state index in [-0.39, 0.29) is 16.4 Å². The number of benzene rings is 1. The van der Waals surface area contributed by atoms with E-state index in [1.165, 1.54) is 12.3 Å². The van der Waals surface area contributed by atoms with Gasteiger partial charge in [0.1, 0.15) is 5.75 Å². The first kappa shape index (κ1) is 13.8. The van der Waals surface area contributed by atoms with Crippen LogP contribution in [-0.2, 0) is 13.0 Å². The van der Waals surface area contributed by atoms with Gasteiger partial charge in [0.25, 0.3) is 5.69 Å². The first-order valence-electron chi connectivity index (χ1n) is 6.25. The zero-order valence-corrected chi connectivity index (χ0v) is 11.0. The van der Waals surface area contributed by atoms with Crippen LogP contribution >= 0.6 is 0 Å². The summed E-state index contributed by atoms with van der Waals surface area (Å²) in [6, 6.07) is 8.33. The van der Waals surface area contributed by atoms with E-state index in [1.807, 2.05) is 13.0 Å². The fraction of sp³-hybridized carbons (Fsp3) is 0.214. The number of nitro groups is 1. The maximum atomic E-state index is 11.0. The number of pyridine rings is 1. The highest BCUT2D eigenvalue weighted by Crippen LogP contribution is 2.24. The molecule has 0 aliphatic rings. The summed E-state index contributed by atoms with van der Waals surface area (Å²) in [6.07, 6.45) is 1.98. The molecule has 0 amide bonds. The smallest absolute Gasteiger partial charge is 0.274 e. The lowest BCUT2D eigenvalue weighted by Crippen LogP contribution is -2.02. The first-order valence-corrected chi connectivity index (χ1v) is 6.25. The number of aromatic hydroxyl groups is 1. The molecule has 0 saturated carbocycles. The Bertz CT molecular complexity index is 612. The molecule has 2 rings (SSSR count). The second kappa shape index (κ2) is 6.01. The van der Waals surface area contributed by atoms with Crippen LogP contribution < -0.4 is 5.32 Å². The van der Waals surface area contributed by atoms with Crippen molar-refractivity contribution in [3.05, 3.63) is 57.9 Å². The van der Waals surface area contributed by atoms with Crippen molar-refractivity contribution in [1.82, 2.24) is 4.98 Å². The van der Waals surface area contributed by atoms with Crippen molar-refractivity contribution in [2.24, 2.45) is 0 Å². The molecule has 0 unspecified atom stereocenters. The largest absolute Gasteiger partial charge is 0.506 e. The Morgan fingerprint density at radius 2 is 2.15 bits per heavy atom. The van der Waals surface area contributed by atoms with Gasteiger partial charge in [-0.05, 0) is 24.6 Å². The minimum absolute atomic E-state index is 0.108. The maximum Gasteiger partial charge on any atom is 0.274 e. The zero-order chi connectivity index (χ0) is 14.5. The van der Waals surface area contributed by atoms with Gasteiger partial charge in [-0.3, -0.25) is 15.1 Å². The van der Waals surface area contributed by atoms with Gasteiger partial charge in [-0.15, -0.1) is 0 Å². The van der Waals surface area contributed by atoms with E-state index in [4.69, 9.17) is 5.11 Å². The normalized spacial score (nSPS) is 10.2. The molecule has 0 aliphatic heterocycles. The molecule has 0 spiro atoms. The summed E-state index contributed by atoms with van der Waals surface area (Å²) in [5.74, 6) is 0.108. The van der Waals surface area contributed by atoms with Crippen LogP contribution in [0.4, 0.5) is 11.4 Å². The van der Waals surface area contributed by atoms with E-state index in [0.717, 1.165) is 5.69 Å². The van der Waals surface area contributed by atoms with Gasteiger partial charge < -0.3 is 10.4 Å². The molecule has 6 heteroatoms. The molecule has 104 valence electrons. The van der Waals surface area contributed by atoms with E-state index >= 15 is 0 Å². The third-order valence-corrected chi connectivity index (χ3v) is 2.95. The quantitative estimate of drug-likeness (QED) is 0.646. The van der Waals surface area contributed by atoms with Crippen molar-refractivity contribution in [1.29, 1.82) is 0 Å². The minimum atomic E-state index is -0.372. The van der Waals surface area contributed by atoms with Crippen LogP contribution in [0.25, 0.3) is 0 Å². The number of hydrogen-bond acceptors (Lipinski definition) is 5. The summed E-state index contributed by atoms with van der Waals surface area (Å²) in [5.41, 5.74) is 2.24. The highest BCUT2D eigenvalue weighted by atomic mass is 16.6. The number of anilines is 1.